The number of ether oxygens (including phenoxy) is 1. The molecule has 2 rings (SSSR count). The highest BCUT2D eigenvalue weighted by molar-refractivity contribution is 5.94. The zero-order chi connectivity index (χ0) is 10.7. The van der Waals surface area contributed by atoms with E-state index in [1.165, 1.54) is 0 Å². The minimum Gasteiger partial charge on any atom is -0.496 e. The number of methoxy groups -OCH3 is 1. The van der Waals surface area contributed by atoms with E-state index in [1.54, 1.807) is 25.3 Å². The van der Waals surface area contributed by atoms with Gasteiger partial charge in [-0.15, -0.1) is 0 Å². The number of amides is 1. The predicted octanol–water partition coefficient (Wildman–Crippen LogP) is 1.73. The lowest BCUT2D eigenvalue weighted by molar-refractivity contribution is 0.0793. The Bertz CT molecular complexity index is 339. The van der Waals surface area contributed by atoms with Crippen molar-refractivity contribution in [2.24, 2.45) is 0 Å². The number of carbonyl (C=O) groups is 1. The second-order valence-electron chi connectivity index (χ2n) is 3.65. The number of likely N-dealkylation sites (tertiary alicyclic amines) is 1. The Morgan fingerprint density at radius 3 is 2.67 bits per heavy atom. The van der Waals surface area contributed by atoms with E-state index in [0.29, 0.717) is 11.3 Å². The molecule has 0 unspecified atom stereocenters. The minimum absolute atomic E-state index is 0.103. The van der Waals surface area contributed by atoms with E-state index in [4.69, 9.17) is 4.74 Å². The second-order valence-corrected chi connectivity index (χ2v) is 3.65. The third-order valence-electron chi connectivity index (χ3n) is 2.64. The maximum absolute atomic E-state index is 11.9. The molecule has 0 bridgehead atoms. The van der Waals surface area contributed by atoms with Gasteiger partial charge in [0, 0.05) is 24.7 Å². The lowest BCUT2D eigenvalue weighted by Crippen LogP contribution is -2.27. The van der Waals surface area contributed by atoms with Crippen LogP contribution in [0.4, 0.5) is 0 Å². The van der Waals surface area contributed by atoms with Crippen LogP contribution < -0.4 is 4.74 Å². The Morgan fingerprint density at radius 1 is 1.40 bits per heavy atom. The van der Waals surface area contributed by atoms with Crippen molar-refractivity contribution < 1.29 is 9.53 Å². The monoisotopic (exact) mass is 204 g/mol. The van der Waals surface area contributed by atoms with Gasteiger partial charge in [0.1, 0.15) is 5.75 Å². The lowest BCUT2D eigenvalue weighted by Gasteiger charge is -2.14. The summed E-state index contributed by atoms with van der Waals surface area (Å²) >= 11 is 0. The molecule has 79 valence electrons. The van der Waals surface area contributed by atoms with Gasteiger partial charge < -0.3 is 9.64 Å². The van der Waals surface area contributed by atoms with Gasteiger partial charge in [-0.2, -0.15) is 0 Å². The first-order chi connectivity index (χ1) is 7.31. The largest absolute Gasteiger partial charge is 0.496 e. The normalized spacial score (nSPS) is 15.4. The molecule has 0 spiro atoms. The van der Waals surface area contributed by atoms with Crippen LogP contribution in [0.25, 0.3) is 0 Å². The Kier molecular flexibility index (Phi) is 2.90. The second kappa shape index (κ2) is 4.34. The molecule has 1 aromatic carbocycles. The van der Waals surface area contributed by atoms with Gasteiger partial charge in [-0.1, -0.05) is 0 Å². The smallest absolute Gasteiger partial charge is 0.253 e. The van der Waals surface area contributed by atoms with Crippen LogP contribution in [0, 0.1) is 6.07 Å². The SMILES string of the molecule is COc1[c]cc(C(=O)N2CCCC2)cc1. The predicted molar refractivity (Wildman–Crippen MR) is 57.0 cm³/mol. The molecular weight excluding hydrogens is 190 g/mol. The van der Waals surface area contributed by atoms with Crippen molar-refractivity contribution in [2.45, 2.75) is 12.8 Å². The number of nitrogens with zero attached hydrogens (tertiary/aromatic N) is 1. The average Bonchev–Trinajstić information content (AvgIpc) is 2.82. The lowest BCUT2D eigenvalue weighted by atomic mass is 10.2. The highest BCUT2D eigenvalue weighted by atomic mass is 16.5. The van der Waals surface area contributed by atoms with Gasteiger partial charge >= 0.3 is 0 Å². The van der Waals surface area contributed by atoms with Crippen molar-refractivity contribution in [2.75, 3.05) is 20.2 Å². The molecule has 0 atom stereocenters. The van der Waals surface area contributed by atoms with E-state index >= 15 is 0 Å². The van der Waals surface area contributed by atoms with E-state index in [-0.39, 0.29) is 5.91 Å². The fourth-order valence-corrected chi connectivity index (χ4v) is 1.77. The summed E-state index contributed by atoms with van der Waals surface area (Å²) in [4.78, 5) is 13.8. The van der Waals surface area contributed by atoms with E-state index in [2.05, 4.69) is 6.07 Å². The van der Waals surface area contributed by atoms with Crippen LogP contribution in [-0.4, -0.2) is 31.0 Å². The standard InChI is InChI=1S/C12H14NO2/c1-15-11-6-4-10(5-7-11)12(14)13-8-2-3-9-13/h4-6H,2-3,8-9H2,1H3. The molecule has 0 saturated carbocycles. The summed E-state index contributed by atoms with van der Waals surface area (Å²) in [5, 5.41) is 0. The number of rotatable bonds is 2. The molecule has 1 amide bonds. The molecule has 1 heterocycles. The highest BCUT2D eigenvalue weighted by Crippen LogP contribution is 2.15. The van der Waals surface area contributed by atoms with Crippen LogP contribution in [0.5, 0.6) is 5.75 Å². The Hall–Kier alpha value is -1.51. The molecule has 1 fully saturated rings. The third kappa shape index (κ3) is 2.12. The van der Waals surface area contributed by atoms with E-state index in [1.807, 2.05) is 4.90 Å². The number of hydrogen-bond acceptors (Lipinski definition) is 2. The molecule has 3 heteroatoms. The Balaban J connectivity index is 2.11. The first-order valence-corrected chi connectivity index (χ1v) is 5.16. The molecule has 1 aromatic rings. The molecule has 1 radical (unpaired) electrons. The van der Waals surface area contributed by atoms with Crippen molar-refractivity contribution in [3.05, 3.63) is 29.8 Å². The molecule has 15 heavy (non-hydrogen) atoms. The summed E-state index contributed by atoms with van der Waals surface area (Å²) in [6.45, 7) is 1.76. The summed E-state index contributed by atoms with van der Waals surface area (Å²) in [6.07, 6.45) is 2.23. The Morgan fingerprint density at radius 2 is 2.13 bits per heavy atom. The van der Waals surface area contributed by atoms with Gasteiger partial charge in [-0.25, -0.2) is 0 Å². The van der Waals surface area contributed by atoms with E-state index in [9.17, 15) is 4.79 Å². The van der Waals surface area contributed by atoms with Gasteiger partial charge in [-0.05, 0) is 31.0 Å². The summed E-state index contributed by atoms with van der Waals surface area (Å²) in [5.74, 6) is 0.763. The Labute approximate surface area is 89.7 Å². The van der Waals surface area contributed by atoms with Crippen LogP contribution in [0.3, 0.4) is 0 Å². The molecule has 0 aliphatic carbocycles. The number of carbonyl (C=O) groups excluding carboxylic acids is 1. The topological polar surface area (TPSA) is 29.5 Å². The van der Waals surface area contributed by atoms with Gasteiger partial charge in [-0.3, -0.25) is 4.79 Å². The molecule has 0 N–H and O–H groups in total. The quantitative estimate of drug-likeness (QED) is 0.734. The minimum atomic E-state index is 0.103. The van der Waals surface area contributed by atoms with Crippen molar-refractivity contribution in [1.82, 2.24) is 4.90 Å². The van der Waals surface area contributed by atoms with Crippen molar-refractivity contribution in [1.29, 1.82) is 0 Å². The summed E-state index contributed by atoms with van der Waals surface area (Å²) < 4.78 is 4.99. The third-order valence-corrected chi connectivity index (χ3v) is 2.64. The fourth-order valence-electron chi connectivity index (χ4n) is 1.77. The van der Waals surface area contributed by atoms with Crippen molar-refractivity contribution in [3.63, 3.8) is 0 Å². The van der Waals surface area contributed by atoms with Crippen LogP contribution in [0.15, 0.2) is 18.2 Å². The first kappa shape index (κ1) is 10.0. The summed E-state index contributed by atoms with van der Waals surface area (Å²) in [5.41, 5.74) is 0.692. The first-order valence-electron chi connectivity index (χ1n) is 5.16. The van der Waals surface area contributed by atoms with Crippen LogP contribution >= 0.6 is 0 Å². The van der Waals surface area contributed by atoms with Gasteiger partial charge in [0.25, 0.3) is 5.91 Å². The van der Waals surface area contributed by atoms with Crippen molar-refractivity contribution in [3.8, 4) is 5.75 Å². The molecule has 1 aliphatic heterocycles. The van der Waals surface area contributed by atoms with Crippen molar-refractivity contribution >= 4 is 5.91 Å². The fraction of sp³-hybridized carbons (Fsp3) is 0.417. The number of benzene rings is 1. The molecular formula is C12H14NO2. The van der Waals surface area contributed by atoms with Gasteiger partial charge in [0.2, 0.25) is 0 Å². The maximum Gasteiger partial charge on any atom is 0.253 e. The average molecular weight is 204 g/mol. The van der Waals surface area contributed by atoms with E-state index < -0.39 is 0 Å². The zero-order valence-corrected chi connectivity index (χ0v) is 8.82. The van der Waals surface area contributed by atoms with E-state index in [0.717, 1.165) is 25.9 Å². The van der Waals surface area contributed by atoms with Crippen LogP contribution in [0.2, 0.25) is 0 Å². The highest BCUT2D eigenvalue weighted by Gasteiger charge is 2.19. The van der Waals surface area contributed by atoms with Gasteiger partial charge in [0.05, 0.1) is 7.11 Å². The number of hydrogen-bond donors (Lipinski definition) is 0. The zero-order valence-electron chi connectivity index (χ0n) is 8.82. The van der Waals surface area contributed by atoms with Crippen LogP contribution in [0.1, 0.15) is 23.2 Å². The molecule has 0 aromatic heterocycles. The molecule has 1 saturated heterocycles. The van der Waals surface area contributed by atoms with Crippen LogP contribution in [-0.2, 0) is 0 Å². The molecule has 3 nitrogen and oxygen atoms in total. The maximum atomic E-state index is 11.9. The molecule has 1 aliphatic rings. The summed E-state index contributed by atoms with van der Waals surface area (Å²) in [6, 6.07) is 8.17. The summed E-state index contributed by atoms with van der Waals surface area (Å²) in [7, 11) is 1.59. The van der Waals surface area contributed by atoms with Gasteiger partial charge in [0.15, 0.2) is 0 Å².